The molecule has 0 aliphatic heterocycles. The molecule has 0 spiro atoms. The molecule has 18 heavy (non-hydrogen) atoms. The average Bonchev–Trinajstić information content (AvgIpc) is 2.39. The van der Waals surface area contributed by atoms with Crippen LogP contribution in [0.1, 0.15) is 16.1 Å². The van der Waals surface area contributed by atoms with E-state index in [-0.39, 0.29) is 10.6 Å². The fourth-order valence-electron chi connectivity index (χ4n) is 1.60. The van der Waals surface area contributed by atoms with Crippen molar-refractivity contribution >= 4 is 15.9 Å². The highest BCUT2D eigenvalue weighted by atomic mass is 79.9. The minimum Gasteiger partial charge on any atom is -0.481 e. The quantitative estimate of drug-likeness (QED) is 0.813. The van der Waals surface area contributed by atoms with E-state index in [2.05, 4.69) is 25.9 Å². The minimum atomic E-state index is -0.239. The molecule has 1 aromatic carbocycles. The smallest absolute Gasteiger partial charge is 0.216 e. The van der Waals surface area contributed by atoms with Crippen molar-refractivity contribution in [2.75, 3.05) is 7.11 Å². The zero-order chi connectivity index (χ0) is 13.0. The van der Waals surface area contributed by atoms with Crippen LogP contribution in [0.4, 0.5) is 4.39 Å². The lowest BCUT2D eigenvalue weighted by molar-refractivity contribution is 0.396. The predicted octanol–water partition coefficient (Wildman–Crippen LogP) is 3.30. The summed E-state index contributed by atoms with van der Waals surface area (Å²) < 4.78 is 18.2. The van der Waals surface area contributed by atoms with E-state index in [4.69, 9.17) is 4.74 Å². The summed E-state index contributed by atoms with van der Waals surface area (Å²) in [6.45, 7) is 0. The molecule has 5 heteroatoms. The number of hydrogen-bond acceptors (Lipinski definition) is 3. The number of aromatic nitrogens is 2. The van der Waals surface area contributed by atoms with Crippen molar-refractivity contribution in [3.05, 3.63) is 53.7 Å². The molecule has 0 saturated heterocycles. The van der Waals surface area contributed by atoms with Crippen LogP contribution in [0.5, 0.6) is 5.88 Å². The third-order valence-corrected chi connectivity index (χ3v) is 3.36. The highest BCUT2D eigenvalue weighted by Gasteiger charge is 2.11. The lowest BCUT2D eigenvalue weighted by Gasteiger charge is -2.10. The van der Waals surface area contributed by atoms with Gasteiger partial charge in [-0.3, -0.25) is 0 Å². The number of benzene rings is 1. The van der Waals surface area contributed by atoms with Crippen LogP contribution < -0.4 is 4.74 Å². The van der Waals surface area contributed by atoms with E-state index in [1.54, 1.807) is 19.2 Å². The molecule has 0 radical (unpaired) electrons. The summed E-state index contributed by atoms with van der Waals surface area (Å²) in [4.78, 5) is 8.11. The second kappa shape index (κ2) is 5.91. The molecule has 1 unspecified atom stereocenters. The summed E-state index contributed by atoms with van der Waals surface area (Å²) in [5.74, 6) is 0.288. The van der Waals surface area contributed by atoms with E-state index in [1.165, 1.54) is 18.5 Å². The highest BCUT2D eigenvalue weighted by Crippen LogP contribution is 2.27. The lowest BCUT2D eigenvalue weighted by Crippen LogP contribution is -2.00. The second-order valence-corrected chi connectivity index (χ2v) is 4.88. The van der Waals surface area contributed by atoms with Crippen LogP contribution in [0.3, 0.4) is 0 Å². The van der Waals surface area contributed by atoms with Crippen LogP contribution in [0.15, 0.2) is 36.7 Å². The largest absolute Gasteiger partial charge is 0.481 e. The molecule has 2 rings (SSSR count). The first-order chi connectivity index (χ1) is 8.69. The van der Waals surface area contributed by atoms with Crippen LogP contribution in [0.2, 0.25) is 0 Å². The molecule has 3 nitrogen and oxygen atoms in total. The molecule has 0 fully saturated rings. The van der Waals surface area contributed by atoms with E-state index in [0.717, 1.165) is 11.3 Å². The van der Waals surface area contributed by atoms with Crippen molar-refractivity contribution in [1.29, 1.82) is 0 Å². The van der Waals surface area contributed by atoms with E-state index >= 15 is 0 Å². The molecule has 0 aliphatic carbocycles. The van der Waals surface area contributed by atoms with Gasteiger partial charge in [-0.25, -0.2) is 14.4 Å². The molecule has 0 bridgehead atoms. The van der Waals surface area contributed by atoms with Crippen molar-refractivity contribution in [2.24, 2.45) is 0 Å². The maximum Gasteiger partial charge on any atom is 0.216 e. The van der Waals surface area contributed by atoms with Crippen LogP contribution in [0.25, 0.3) is 0 Å². The van der Waals surface area contributed by atoms with Gasteiger partial charge in [-0.05, 0) is 17.7 Å². The Kier molecular flexibility index (Phi) is 4.25. The summed E-state index contributed by atoms with van der Waals surface area (Å²) in [5, 5.41) is 0. The van der Waals surface area contributed by atoms with E-state index < -0.39 is 0 Å². The van der Waals surface area contributed by atoms with Gasteiger partial charge in [-0.15, -0.1) is 0 Å². The molecule has 0 N–H and O–H groups in total. The van der Waals surface area contributed by atoms with E-state index in [0.29, 0.717) is 12.3 Å². The Balaban J connectivity index is 2.13. The van der Waals surface area contributed by atoms with Crippen LogP contribution >= 0.6 is 15.9 Å². The third kappa shape index (κ3) is 3.26. The summed E-state index contributed by atoms with van der Waals surface area (Å²) >= 11 is 3.54. The van der Waals surface area contributed by atoms with Gasteiger partial charge in [0, 0.05) is 23.0 Å². The van der Waals surface area contributed by atoms with Gasteiger partial charge in [-0.2, -0.15) is 0 Å². The summed E-state index contributed by atoms with van der Waals surface area (Å²) in [6.07, 6.45) is 2.10. The molecule has 1 atom stereocenters. The Labute approximate surface area is 113 Å². The zero-order valence-corrected chi connectivity index (χ0v) is 11.4. The maximum absolute atomic E-state index is 13.1. The van der Waals surface area contributed by atoms with Crippen molar-refractivity contribution in [3.63, 3.8) is 0 Å². The van der Waals surface area contributed by atoms with Gasteiger partial charge in [0.05, 0.1) is 7.11 Å². The Bertz CT molecular complexity index is 536. The average molecular weight is 311 g/mol. The third-order valence-electron chi connectivity index (χ3n) is 2.51. The summed E-state index contributed by atoms with van der Waals surface area (Å²) in [6, 6.07) is 8.28. The molecular weight excluding hydrogens is 299 g/mol. The van der Waals surface area contributed by atoms with Crippen molar-refractivity contribution in [3.8, 4) is 5.88 Å². The van der Waals surface area contributed by atoms with Crippen molar-refractivity contribution in [1.82, 2.24) is 9.97 Å². The summed E-state index contributed by atoms with van der Waals surface area (Å²) in [5.41, 5.74) is 1.72. The van der Waals surface area contributed by atoms with Crippen LogP contribution in [-0.4, -0.2) is 17.1 Å². The number of nitrogens with zero attached hydrogens (tertiary/aromatic N) is 2. The fourth-order valence-corrected chi connectivity index (χ4v) is 2.22. The van der Waals surface area contributed by atoms with E-state index in [1.807, 2.05) is 6.07 Å². The lowest BCUT2D eigenvalue weighted by atomic mass is 10.1. The van der Waals surface area contributed by atoms with Crippen molar-refractivity contribution in [2.45, 2.75) is 11.2 Å². The molecule has 0 aliphatic rings. The van der Waals surface area contributed by atoms with Crippen LogP contribution in [-0.2, 0) is 6.42 Å². The number of ether oxygens (including phenoxy) is 1. The van der Waals surface area contributed by atoms with Gasteiger partial charge >= 0.3 is 0 Å². The Morgan fingerprint density at radius 3 is 2.89 bits per heavy atom. The number of methoxy groups -OCH3 is 1. The SMILES string of the molecule is COc1cc(CC(Br)c2cccc(F)c2)ncn1. The molecule has 1 heterocycles. The van der Waals surface area contributed by atoms with Gasteiger partial charge < -0.3 is 4.74 Å². The van der Waals surface area contributed by atoms with Gasteiger partial charge in [0.15, 0.2) is 0 Å². The minimum absolute atomic E-state index is 0.00723. The first kappa shape index (κ1) is 13.0. The number of hydrogen-bond donors (Lipinski definition) is 0. The molecule has 0 saturated carbocycles. The molecule has 1 aromatic heterocycles. The second-order valence-electron chi connectivity index (χ2n) is 3.78. The standard InChI is InChI=1S/C13H12BrFN2O/c1-18-13-7-11(16-8-17-13)6-12(14)9-3-2-4-10(15)5-9/h2-5,7-8,12H,6H2,1H3. The van der Waals surface area contributed by atoms with E-state index in [9.17, 15) is 4.39 Å². The molecule has 2 aromatic rings. The first-order valence-corrected chi connectivity index (χ1v) is 6.35. The fraction of sp³-hybridized carbons (Fsp3) is 0.231. The first-order valence-electron chi connectivity index (χ1n) is 5.43. The molecule has 94 valence electrons. The van der Waals surface area contributed by atoms with Crippen molar-refractivity contribution < 1.29 is 9.13 Å². The number of halogens is 2. The predicted molar refractivity (Wildman–Crippen MR) is 70.4 cm³/mol. The Morgan fingerprint density at radius 1 is 1.33 bits per heavy atom. The van der Waals surface area contributed by atoms with Crippen LogP contribution in [0, 0.1) is 5.82 Å². The highest BCUT2D eigenvalue weighted by molar-refractivity contribution is 9.09. The van der Waals surface area contributed by atoms with Gasteiger partial charge in [-0.1, -0.05) is 28.1 Å². The van der Waals surface area contributed by atoms with Gasteiger partial charge in [0.2, 0.25) is 5.88 Å². The van der Waals surface area contributed by atoms with Gasteiger partial charge in [0.1, 0.15) is 12.1 Å². The Morgan fingerprint density at radius 2 is 2.17 bits per heavy atom. The van der Waals surface area contributed by atoms with Gasteiger partial charge in [0.25, 0.3) is 0 Å². The molecule has 0 amide bonds. The zero-order valence-electron chi connectivity index (χ0n) is 9.81. The Hall–Kier alpha value is -1.49. The molecular formula is C13H12BrFN2O. The summed E-state index contributed by atoms with van der Waals surface area (Å²) in [7, 11) is 1.56. The normalized spacial score (nSPS) is 12.2. The topological polar surface area (TPSA) is 35.0 Å². The maximum atomic E-state index is 13.1. The number of alkyl halides is 1. The number of rotatable bonds is 4. The monoisotopic (exact) mass is 310 g/mol.